The number of unbranched alkanes of at least 4 members (excludes halogenated alkanes) is 10. The minimum absolute atomic E-state index is 0.187. The van der Waals surface area contributed by atoms with Crippen LogP contribution in [0.3, 0.4) is 0 Å². The van der Waals surface area contributed by atoms with Gasteiger partial charge in [0, 0.05) is 11.1 Å². The van der Waals surface area contributed by atoms with Crippen molar-refractivity contribution in [3.05, 3.63) is 57.7 Å². The van der Waals surface area contributed by atoms with Crippen LogP contribution in [0.1, 0.15) is 118 Å². The summed E-state index contributed by atoms with van der Waals surface area (Å²) >= 11 is 0. The summed E-state index contributed by atoms with van der Waals surface area (Å²) in [5, 5.41) is 0. The van der Waals surface area contributed by atoms with Gasteiger partial charge in [0.05, 0.1) is 0 Å². The van der Waals surface area contributed by atoms with E-state index in [4.69, 9.17) is 0 Å². The van der Waals surface area contributed by atoms with Crippen LogP contribution < -0.4 is 0 Å². The van der Waals surface area contributed by atoms with E-state index in [1.165, 1.54) is 64.2 Å². The molecule has 0 aliphatic heterocycles. The Balaban J connectivity index is 2.09. The van der Waals surface area contributed by atoms with Crippen molar-refractivity contribution < 1.29 is 9.59 Å². The molecule has 2 aliphatic rings. The van der Waals surface area contributed by atoms with Crippen molar-refractivity contribution in [3.8, 4) is 0 Å². The lowest BCUT2D eigenvalue weighted by atomic mass is 9.85. The first-order valence-electron chi connectivity index (χ1n) is 13.1. The third-order valence-corrected chi connectivity index (χ3v) is 6.64. The number of allylic oxidation sites excluding steroid dienone is 10. The van der Waals surface area contributed by atoms with Gasteiger partial charge in [-0.1, -0.05) is 78.1 Å². The van der Waals surface area contributed by atoms with Crippen LogP contribution >= 0.6 is 0 Å². The van der Waals surface area contributed by atoms with Gasteiger partial charge in [0.2, 0.25) is 0 Å². The molecule has 0 fully saturated rings. The lowest BCUT2D eigenvalue weighted by Gasteiger charge is -2.18. The Morgan fingerprint density at radius 1 is 0.500 bits per heavy atom. The van der Waals surface area contributed by atoms with E-state index in [2.05, 4.69) is 26.0 Å². The summed E-state index contributed by atoms with van der Waals surface area (Å²) in [5.74, 6) is 0.374. The predicted molar refractivity (Wildman–Crippen MR) is 137 cm³/mol. The topological polar surface area (TPSA) is 34.1 Å². The first-order chi connectivity index (χ1) is 15.5. The molecule has 0 aromatic carbocycles. The van der Waals surface area contributed by atoms with E-state index in [1.807, 2.05) is 26.0 Å². The Morgan fingerprint density at radius 2 is 0.844 bits per heavy atom. The normalized spacial score (nSPS) is 19.0. The number of hydrogen-bond donors (Lipinski definition) is 0. The number of ketones is 2. The fourth-order valence-electron chi connectivity index (χ4n) is 4.59. The van der Waals surface area contributed by atoms with Gasteiger partial charge in [-0.2, -0.15) is 0 Å². The number of carbonyl (C=O) groups is 2. The summed E-state index contributed by atoms with van der Waals surface area (Å²) in [6.07, 6.45) is 24.6. The minimum atomic E-state index is 0.187. The molecule has 0 saturated carbocycles. The molecule has 0 spiro atoms. The first kappa shape index (κ1) is 26.3. The summed E-state index contributed by atoms with van der Waals surface area (Å²) in [6, 6.07) is 0. The van der Waals surface area contributed by atoms with Crippen LogP contribution in [0.5, 0.6) is 0 Å². The van der Waals surface area contributed by atoms with Gasteiger partial charge in [-0.05, 0) is 86.1 Å². The van der Waals surface area contributed by atoms with Crippen LogP contribution in [0.4, 0.5) is 0 Å². The average Bonchev–Trinajstić information content (AvgIpc) is 2.78. The molecule has 0 amide bonds. The Kier molecular flexibility index (Phi) is 11.7. The fraction of sp³-hybridized carbons (Fsp3) is 0.600. The molecule has 0 heterocycles. The second-order valence-corrected chi connectivity index (χ2v) is 9.60. The zero-order valence-electron chi connectivity index (χ0n) is 21.0. The largest absolute Gasteiger partial charge is 0.289 e. The molecule has 2 nitrogen and oxygen atoms in total. The highest BCUT2D eigenvalue weighted by Gasteiger charge is 2.21. The standard InChI is InChI=1S/C30H44O2/c1-5-7-9-11-13-15-17-25-21-27(19-23(3)29(25)31)28-20-24(4)30(32)26(22-28)18-16-14-12-10-8-6-2/h19-22H,5-18H2,1-4H3. The Bertz CT molecular complexity index is 746. The highest BCUT2D eigenvalue weighted by molar-refractivity contribution is 6.11. The Morgan fingerprint density at radius 3 is 1.22 bits per heavy atom. The molecule has 0 aromatic heterocycles. The molecular weight excluding hydrogens is 392 g/mol. The van der Waals surface area contributed by atoms with Crippen molar-refractivity contribution in [2.24, 2.45) is 0 Å². The summed E-state index contributed by atoms with van der Waals surface area (Å²) in [7, 11) is 0. The van der Waals surface area contributed by atoms with Gasteiger partial charge >= 0.3 is 0 Å². The molecule has 2 heteroatoms. The highest BCUT2D eigenvalue weighted by atomic mass is 16.1. The molecule has 0 saturated heterocycles. The molecule has 0 radical (unpaired) electrons. The zero-order chi connectivity index (χ0) is 23.3. The van der Waals surface area contributed by atoms with E-state index >= 15 is 0 Å². The molecule has 2 aliphatic carbocycles. The van der Waals surface area contributed by atoms with Crippen LogP contribution in [0.25, 0.3) is 0 Å². The molecular formula is C30H44O2. The second-order valence-electron chi connectivity index (χ2n) is 9.60. The SMILES string of the molecule is CCCCCCCCC1=CC(=C2C=C(C)C(=O)C(CCCCCCCC)=C2)C=C(C)C1=O. The molecule has 0 N–H and O–H groups in total. The number of hydrogen-bond acceptors (Lipinski definition) is 2. The smallest absolute Gasteiger partial charge is 0.184 e. The minimum Gasteiger partial charge on any atom is -0.289 e. The van der Waals surface area contributed by atoms with Crippen molar-refractivity contribution >= 4 is 11.6 Å². The fourth-order valence-corrected chi connectivity index (χ4v) is 4.59. The third-order valence-electron chi connectivity index (χ3n) is 6.64. The van der Waals surface area contributed by atoms with Gasteiger partial charge in [0.15, 0.2) is 11.6 Å². The molecule has 0 bridgehead atoms. The maximum atomic E-state index is 12.7. The van der Waals surface area contributed by atoms with Crippen molar-refractivity contribution in [1.29, 1.82) is 0 Å². The lowest BCUT2D eigenvalue weighted by molar-refractivity contribution is -0.113. The summed E-state index contributed by atoms with van der Waals surface area (Å²) < 4.78 is 0. The van der Waals surface area contributed by atoms with E-state index in [0.29, 0.717) is 0 Å². The molecule has 0 unspecified atom stereocenters. The predicted octanol–water partition coefficient (Wildman–Crippen LogP) is 8.70. The molecule has 0 atom stereocenters. The van der Waals surface area contributed by atoms with Crippen LogP contribution in [-0.4, -0.2) is 11.6 Å². The van der Waals surface area contributed by atoms with Crippen molar-refractivity contribution in [3.63, 3.8) is 0 Å². The summed E-state index contributed by atoms with van der Waals surface area (Å²) in [4.78, 5) is 25.4. The highest BCUT2D eigenvalue weighted by Crippen LogP contribution is 2.30. The Labute approximate surface area is 196 Å². The van der Waals surface area contributed by atoms with Gasteiger partial charge in [0.1, 0.15) is 0 Å². The molecule has 2 rings (SSSR count). The average molecular weight is 437 g/mol. The van der Waals surface area contributed by atoms with E-state index in [0.717, 1.165) is 59.1 Å². The van der Waals surface area contributed by atoms with Crippen LogP contribution in [0.15, 0.2) is 57.7 Å². The van der Waals surface area contributed by atoms with Gasteiger partial charge < -0.3 is 0 Å². The van der Waals surface area contributed by atoms with E-state index < -0.39 is 0 Å². The van der Waals surface area contributed by atoms with Crippen LogP contribution in [-0.2, 0) is 9.59 Å². The van der Waals surface area contributed by atoms with E-state index in [9.17, 15) is 9.59 Å². The number of rotatable bonds is 14. The van der Waals surface area contributed by atoms with Gasteiger partial charge in [-0.15, -0.1) is 0 Å². The van der Waals surface area contributed by atoms with Crippen molar-refractivity contribution in [1.82, 2.24) is 0 Å². The maximum Gasteiger partial charge on any atom is 0.184 e. The summed E-state index contributed by atoms with van der Waals surface area (Å²) in [5.41, 5.74) is 5.63. The zero-order valence-corrected chi connectivity index (χ0v) is 21.0. The molecule has 0 aromatic rings. The van der Waals surface area contributed by atoms with E-state index in [-0.39, 0.29) is 11.6 Å². The number of Topliss-reactive ketones (excluding diaryl/α,β-unsaturated/α-hetero) is 2. The van der Waals surface area contributed by atoms with Crippen molar-refractivity contribution in [2.75, 3.05) is 0 Å². The number of carbonyl (C=O) groups excluding carboxylic acids is 2. The quantitative estimate of drug-likeness (QED) is 0.255. The summed E-state index contributed by atoms with van der Waals surface area (Å²) in [6.45, 7) is 8.31. The van der Waals surface area contributed by atoms with Gasteiger partial charge in [-0.25, -0.2) is 0 Å². The second kappa shape index (κ2) is 14.2. The van der Waals surface area contributed by atoms with Crippen LogP contribution in [0, 0.1) is 0 Å². The maximum absolute atomic E-state index is 12.7. The first-order valence-corrected chi connectivity index (χ1v) is 13.1. The van der Waals surface area contributed by atoms with E-state index in [1.54, 1.807) is 0 Å². The monoisotopic (exact) mass is 436 g/mol. The van der Waals surface area contributed by atoms with Crippen molar-refractivity contribution in [2.45, 2.75) is 118 Å². The Hall–Kier alpha value is -1.96. The van der Waals surface area contributed by atoms with Gasteiger partial charge in [-0.3, -0.25) is 9.59 Å². The lowest BCUT2D eigenvalue weighted by Crippen LogP contribution is -2.12. The van der Waals surface area contributed by atoms with Gasteiger partial charge in [0.25, 0.3) is 0 Å². The van der Waals surface area contributed by atoms with Crippen LogP contribution in [0.2, 0.25) is 0 Å². The molecule has 32 heavy (non-hydrogen) atoms. The molecule has 176 valence electrons. The third kappa shape index (κ3) is 8.19.